The number of hydrogen-bond acceptors (Lipinski definition) is 5. The van der Waals surface area contributed by atoms with Crippen LogP contribution < -0.4 is 5.32 Å². The first kappa shape index (κ1) is 12.9. The molecule has 0 saturated carbocycles. The van der Waals surface area contributed by atoms with Crippen LogP contribution in [0.2, 0.25) is 0 Å². The number of hydrogen-bond donors (Lipinski definition) is 1. The Hall–Kier alpha value is -2.08. The average Bonchev–Trinajstić information content (AvgIpc) is 3.17. The van der Waals surface area contributed by atoms with Crippen LogP contribution in [-0.4, -0.2) is 42.1 Å². The van der Waals surface area contributed by atoms with E-state index in [1.54, 1.807) is 29.4 Å². The molecule has 0 aromatic carbocycles. The van der Waals surface area contributed by atoms with Crippen molar-refractivity contribution in [2.45, 2.75) is 18.9 Å². The van der Waals surface area contributed by atoms with Crippen molar-refractivity contribution in [3.8, 4) is 11.5 Å². The minimum atomic E-state index is -0.113. The van der Waals surface area contributed by atoms with Crippen LogP contribution >= 0.6 is 0 Å². The molecule has 1 amide bonds. The highest BCUT2D eigenvalue weighted by Gasteiger charge is 2.25. The highest BCUT2D eigenvalue weighted by Crippen LogP contribution is 2.22. The lowest BCUT2D eigenvalue weighted by Gasteiger charge is -2.31. The van der Waals surface area contributed by atoms with Gasteiger partial charge in [0.25, 0.3) is 5.91 Å². The third-order valence-corrected chi connectivity index (χ3v) is 3.67. The van der Waals surface area contributed by atoms with Crippen LogP contribution in [0.4, 0.5) is 0 Å². The highest BCUT2D eigenvalue weighted by molar-refractivity contribution is 5.93. The first-order valence-electron chi connectivity index (χ1n) is 6.74. The van der Waals surface area contributed by atoms with E-state index in [4.69, 9.17) is 8.94 Å². The second kappa shape index (κ2) is 5.50. The van der Waals surface area contributed by atoms with Gasteiger partial charge in [-0.15, -0.1) is 0 Å². The van der Waals surface area contributed by atoms with Gasteiger partial charge < -0.3 is 19.2 Å². The molecule has 2 aromatic rings. The number of carbonyl (C=O) groups excluding carboxylic acids is 1. The van der Waals surface area contributed by atoms with Gasteiger partial charge in [0.2, 0.25) is 5.76 Å². The van der Waals surface area contributed by atoms with Gasteiger partial charge in [-0.25, -0.2) is 0 Å². The van der Waals surface area contributed by atoms with Crippen LogP contribution in [0.1, 0.15) is 23.3 Å². The van der Waals surface area contributed by atoms with E-state index in [1.807, 2.05) is 7.05 Å². The van der Waals surface area contributed by atoms with Gasteiger partial charge in [-0.1, -0.05) is 5.16 Å². The second-order valence-corrected chi connectivity index (χ2v) is 4.95. The normalized spacial score (nSPS) is 16.2. The quantitative estimate of drug-likeness (QED) is 0.924. The van der Waals surface area contributed by atoms with Crippen molar-refractivity contribution in [3.05, 3.63) is 30.2 Å². The first-order valence-corrected chi connectivity index (χ1v) is 6.74. The molecule has 0 aliphatic carbocycles. The van der Waals surface area contributed by atoms with Crippen LogP contribution in [-0.2, 0) is 0 Å². The monoisotopic (exact) mass is 275 g/mol. The molecular weight excluding hydrogens is 258 g/mol. The van der Waals surface area contributed by atoms with Crippen molar-refractivity contribution in [1.29, 1.82) is 0 Å². The molecule has 20 heavy (non-hydrogen) atoms. The van der Waals surface area contributed by atoms with Gasteiger partial charge >= 0.3 is 0 Å². The second-order valence-electron chi connectivity index (χ2n) is 4.95. The number of rotatable bonds is 3. The Kier molecular flexibility index (Phi) is 3.56. The van der Waals surface area contributed by atoms with Crippen LogP contribution in [0.25, 0.3) is 11.5 Å². The molecule has 1 saturated heterocycles. The predicted molar refractivity (Wildman–Crippen MR) is 72.2 cm³/mol. The number of nitrogens with one attached hydrogen (secondary N) is 1. The fourth-order valence-corrected chi connectivity index (χ4v) is 2.45. The fourth-order valence-electron chi connectivity index (χ4n) is 2.45. The molecule has 1 N–H and O–H groups in total. The third-order valence-electron chi connectivity index (χ3n) is 3.67. The minimum Gasteiger partial charge on any atom is -0.461 e. The van der Waals surface area contributed by atoms with Crippen molar-refractivity contribution < 1.29 is 13.7 Å². The lowest BCUT2D eigenvalue weighted by molar-refractivity contribution is 0.0693. The molecule has 0 unspecified atom stereocenters. The van der Waals surface area contributed by atoms with Crippen molar-refractivity contribution in [1.82, 2.24) is 15.4 Å². The Bertz CT molecular complexity index is 570. The van der Waals surface area contributed by atoms with Crippen LogP contribution in [0.15, 0.2) is 33.4 Å². The minimum absolute atomic E-state index is 0.113. The lowest BCUT2D eigenvalue weighted by atomic mass is 10.1. The van der Waals surface area contributed by atoms with Gasteiger partial charge in [0.05, 0.1) is 6.26 Å². The summed E-state index contributed by atoms with van der Waals surface area (Å²) in [6.45, 7) is 1.89. The van der Waals surface area contributed by atoms with E-state index in [0.29, 0.717) is 17.2 Å². The molecule has 1 fully saturated rings. The Morgan fingerprint density at radius 3 is 2.90 bits per heavy atom. The lowest BCUT2D eigenvalue weighted by Crippen LogP contribution is -2.44. The maximum absolute atomic E-state index is 12.4. The van der Waals surface area contributed by atoms with E-state index in [9.17, 15) is 4.79 Å². The molecular formula is C14H17N3O3. The highest BCUT2D eigenvalue weighted by atomic mass is 16.5. The van der Waals surface area contributed by atoms with E-state index in [1.165, 1.54) is 0 Å². The summed E-state index contributed by atoms with van der Waals surface area (Å²) in [5.74, 6) is 0.927. The predicted octanol–water partition coefficient (Wildman–Crippen LogP) is 1.76. The average molecular weight is 275 g/mol. The first-order chi connectivity index (χ1) is 9.75. The van der Waals surface area contributed by atoms with E-state index in [-0.39, 0.29) is 11.9 Å². The molecule has 1 aliphatic rings. The molecule has 0 atom stereocenters. The van der Waals surface area contributed by atoms with Crippen LogP contribution in [0.3, 0.4) is 0 Å². The van der Waals surface area contributed by atoms with Gasteiger partial charge in [-0.05, 0) is 38.1 Å². The Balaban J connectivity index is 1.73. The zero-order valence-electron chi connectivity index (χ0n) is 11.3. The molecule has 1 aliphatic heterocycles. The molecule has 3 rings (SSSR count). The largest absolute Gasteiger partial charge is 0.461 e. The number of amides is 1. The van der Waals surface area contributed by atoms with E-state index in [2.05, 4.69) is 10.5 Å². The number of piperidine rings is 1. The maximum atomic E-state index is 12.4. The van der Waals surface area contributed by atoms with Crippen LogP contribution in [0.5, 0.6) is 0 Å². The topological polar surface area (TPSA) is 71.5 Å². The molecule has 0 bridgehead atoms. The molecule has 2 aromatic heterocycles. The summed E-state index contributed by atoms with van der Waals surface area (Å²) in [5, 5.41) is 7.13. The van der Waals surface area contributed by atoms with E-state index >= 15 is 0 Å². The maximum Gasteiger partial charge on any atom is 0.276 e. The Morgan fingerprint density at radius 1 is 1.40 bits per heavy atom. The molecule has 6 heteroatoms. The molecule has 6 nitrogen and oxygen atoms in total. The summed E-state index contributed by atoms with van der Waals surface area (Å²) in [6.07, 6.45) is 3.48. The van der Waals surface area contributed by atoms with Gasteiger partial charge in [0.15, 0.2) is 11.5 Å². The van der Waals surface area contributed by atoms with E-state index in [0.717, 1.165) is 25.9 Å². The van der Waals surface area contributed by atoms with Crippen molar-refractivity contribution in [2.24, 2.45) is 0 Å². The third kappa shape index (κ3) is 2.46. The smallest absolute Gasteiger partial charge is 0.276 e. The van der Waals surface area contributed by atoms with Gasteiger partial charge in [-0.2, -0.15) is 0 Å². The molecule has 106 valence electrons. The molecule has 0 spiro atoms. The standard InChI is InChI=1S/C14H17N3O3/c1-17(10-4-6-15-7-5-10)14(18)11-9-13(20-16-11)12-3-2-8-19-12/h2-3,8-10,15H,4-7H2,1H3. The molecule has 3 heterocycles. The van der Waals surface area contributed by atoms with Gasteiger partial charge in [0, 0.05) is 19.2 Å². The summed E-state index contributed by atoms with van der Waals surface area (Å²) in [4.78, 5) is 14.1. The van der Waals surface area contributed by atoms with Crippen molar-refractivity contribution >= 4 is 5.91 Å². The Morgan fingerprint density at radius 2 is 2.20 bits per heavy atom. The SMILES string of the molecule is CN(C(=O)c1cc(-c2ccco2)on1)C1CCNCC1. The van der Waals surface area contributed by atoms with Crippen LogP contribution in [0, 0.1) is 0 Å². The number of aromatic nitrogens is 1. The summed E-state index contributed by atoms with van der Waals surface area (Å²) in [7, 11) is 1.82. The zero-order chi connectivity index (χ0) is 13.9. The number of carbonyl (C=O) groups is 1. The summed E-state index contributed by atoms with van der Waals surface area (Å²) in [6, 6.07) is 5.41. The summed E-state index contributed by atoms with van der Waals surface area (Å²) < 4.78 is 10.4. The Labute approximate surface area is 116 Å². The number of furan rings is 1. The van der Waals surface area contributed by atoms with Crippen molar-refractivity contribution in [2.75, 3.05) is 20.1 Å². The number of nitrogens with zero attached hydrogens (tertiary/aromatic N) is 2. The summed E-state index contributed by atoms with van der Waals surface area (Å²) >= 11 is 0. The zero-order valence-corrected chi connectivity index (χ0v) is 11.3. The van der Waals surface area contributed by atoms with Gasteiger partial charge in [0.1, 0.15) is 0 Å². The van der Waals surface area contributed by atoms with Gasteiger partial charge in [-0.3, -0.25) is 4.79 Å². The van der Waals surface area contributed by atoms with E-state index < -0.39 is 0 Å². The molecule has 0 radical (unpaired) electrons. The van der Waals surface area contributed by atoms with Crippen molar-refractivity contribution in [3.63, 3.8) is 0 Å². The fraction of sp³-hybridized carbons (Fsp3) is 0.429. The summed E-state index contributed by atoms with van der Waals surface area (Å²) in [5.41, 5.74) is 0.317.